The Morgan fingerprint density at radius 1 is 1.21 bits per heavy atom. The van der Waals surface area contributed by atoms with E-state index in [0.717, 1.165) is 16.9 Å². The molecule has 0 spiro atoms. The van der Waals surface area contributed by atoms with E-state index in [-0.39, 0.29) is 22.6 Å². The average molecular weight is 450 g/mol. The molecule has 0 aliphatic heterocycles. The highest BCUT2D eigenvalue weighted by molar-refractivity contribution is 5.90. The van der Waals surface area contributed by atoms with E-state index in [1.165, 1.54) is 37.4 Å². The molecular weight excluding hydrogens is 428 g/mol. The van der Waals surface area contributed by atoms with Crippen LogP contribution in [0.3, 0.4) is 0 Å². The number of aliphatic carboxylic acids is 2. The largest absolute Gasteiger partial charge is 0.481 e. The third-order valence-corrected chi connectivity index (χ3v) is 5.20. The number of allylic oxidation sites excluding steroid dienone is 2. The van der Waals surface area contributed by atoms with Crippen molar-refractivity contribution < 1.29 is 24.7 Å². The maximum Gasteiger partial charge on any atom is 0.331 e. The Morgan fingerprint density at radius 3 is 2.58 bits per heavy atom. The zero-order valence-electron chi connectivity index (χ0n) is 18.0. The molecule has 0 saturated carbocycles. The number of carboxylic acids is 2. The van der Waals surface area contributed by atoms with Crippen molar-refractivity contribution in [1.82, 2.24) is 14.8 Å². The highest BCUT2D eigenvalue weighted by Crippen LogP contribution is 2.31. The summed E-state index contributed by atoms with van der Waals surface area (Å²) < 4.78 is 1.73. The van der Waals surface area contributed by atoms with Gasteiger partial charge in [0.05, 0.1) is 39.7 Å². The lowest BCUT2D eigenvalue weighted by Gasteiger charge is -2.23. The molecule has 0 radical (unpaired) electrons. The van der Waals surface area contributed by atoms with Crippen LogP contribution in [-0.2, 0) is 16.1 Å². The van der Waals surface area contributed by atoms with Gasteiger partial charge in [0.2, 0.25) is 0 Å². The monoisotopic (exact) mass is 450 g/mol. The standard InChI is InChI=1S/C14H12N4O2.C9H10O4/c1-10-4-2-5-11(16-10)9-17-13-6-3-7-14(18(19)20)12(13)8-15-17;1-9(8(12)13)4-2-3-6(5-9)7(10)11/h2-8H,9H2,1H3;2-4H,5H2,1H3,(H,10,11)(H,12,13). The SMILES string of the molecule is CC1(C(=O)O)C=CC=C(C(=O)O)C1.Cc1cccc(Cn2ncc3c([N+](=O)[O-])cccc32)n1. The molecule has 1 atom stereocenters. The first-order chi connectivity index (χ1) is 15.6. The number of aromatic nitrogens is 3. The molecule has 2 heterocycles. The topological polar surface area (TPSA) is 148 Å². The third-order valence-electron chi connectivity index (χ3n) is 5.20. The molecule has 3 aromatic rings. The number of carboxylic acid groups (broad SMARTS) is 2. The maximum absolute atomic E-state index is 11.0. The van der Waals surface area contributed by atoms with E-state index >= 15 is 0 Å². The molecule has 10 heteroatoms. The van der Waals surface area contributed by atoms with Crippen LogP contribution >= 0.6 is 0 Å². The van der Waals surface area contributed by atoms with Crippen molar-refractivity contribution in [2.24, 2.45) is 5.41 Å². The van der Waals surface area contributed by atoms with Crippen molar-refractivity contribution >= 4 is 28.5 Å². The predicted molar refractivity (Wildman–Crippen MR) is 120 cm³/mol. The lowest BCUT2D eigenvalue weighted by atomic mass is 9.80. The van der Waals surface area contributed by atoms with Gasteiger partial charge in [-0.1, -0.05) is 30.4 Å². The van der Waals surface area contributed by atoms with Crippen molar-refractivity contribution in [3.8, 4) is 0 Å². The fourth-order valence-corrected chi connectivity index (χ4v) is 3.40. The van der Waals surface area contributed by atoms with Crippen molar-refractivity contribution in [2.75, 3.05) is 0 Å². The van der Waals surface area contributed by atoms with Crippen LogP contribution < -0.4 is 0 Å². The van der Waals surface area contributed by atoms with Gasteiger partial charge >= 0.3 is 11.9 Å². The van der Waals surface area contributed by atoms with Gasteiger partial charge in [0.25, 0.3) is 5.69 Å². The smallest absolute Gasteiger partial charge is 0.331 e. The molecule has 1 aliphatic rings. The molecule has 33 heavy (non-hydrogen) atoms. The first-order valence-electron chi connectivity index (χ1n) is 9.97. The summed E-state index contributed by atoms with van der Waals surface area (Å²) in [7, 11) is 0. The normalized spacial score (nSPS) is 17.1. The van der Waals surface area contributed by atoms with Crippen LogP contribution in [0.4, 0.5) is 5.69 Å². The van der Waals surface area contributed by atoms with E-state index in [1.807, 2.05) is 31.2 Å². The van der Waals surface area contributed by atoms with Crippen LogP contribution in [0.15, 0.2) is 66.4 Å². The number of nitro groups is 1. The number of benzene rings is 1. The number of aryl methyl sites for hydroxylation is 1. The first kappa shape index (κ1) is 23.3. The minimum absolute atomic E-state index is 0.0359. The number of nitrogens with zero attached hydrogens (tertiary/aromatic N) is 4. The van der Waals surface area contributed by atoms with Crippen molar-refractivity contribution in [3.05, 3.63) is 87.9 Å². The minimum atomic E-state index is -1.08. The summed E-state index contributed by atoms with van der Waals surface area (Å²) in [5.74, 6) is -2.06. The Morgan fingerprint density at radius 2 is 1.94 bits per heavy atom. The van der Waals surface area contributed by atoms with Gasteiger partial charge in [-0.15, -0.1) is 0 Å². The van der Waals surface area contributed by atoms with Crippen LogP contribution in [0.5, 0.6) is 0 Å². The molecule has 0 amide bonds. The summed E-state index contributed by atoms with van der Waals surface area (Å²) in [5.41, 5.74) is 1.68. The van der Waals surface area contributed by atoms with Gasteiger partial charge in [-0.2, -0.15) is 5.10 Å². The fourth-order valence-electron chi connectivity index (χ4n) is 3.40. The van der Waals surface area contributed by atoms with E-state index in [9.17, 15) is 19.7 Å². The van der Waals surface area contributed by atoms with Gasteiger partial charge in [-0.25, -0.2) is 4.79 Å². The summed E-state index contributed by atoms with van der Waals surface area (Å²) >= 11 is 0. The Kier molecular flexibility index (Phi) is 6.67. The van der Waals surface area contributed by atoms with Gasteiger partial charge < -0.3 is 10.2 Å². The maximum atomic E-state index is 11.0. The number of fused-ring (bicyclic) bond motifs is 1. The number of carbonyl (C=O) groups is 2. The van der Waals surface area contributed by atoms with E-state index in [2.05, 4.69) is 10.1 Å². The molecule has 1 aliphatic carbocycles. The van der Waals surface area contributed by atoms with Gasteiger partial charge in [-0.05, 0) is 38.5 Å². The summed E-state index contributed by atoms with van der Waals surface area (Å²) in [6.07, 6.45) is 5.97. The number of hydrogen-bond donors (Lipinski definition) is 2. The highest BCUT2D eigenvalue weighted by atomic mass is 16.6. The Balaban J connectivity index is 0.000000205. The fraction of sp³-hybridized carbons (Fsp3) is 0.217. The second-order valence-electron chi connectivity index (χ2n) is 7.80. The van der Waals surface area contributed by atoms with Crippen molar-refractivity contribution in [1.29, 1.82) is 0 Å². The lowest BCUT2D eigenvalue weighted by molar-refractivity contribution is -0.383. The molecule has 4 rings (SSSR count). The third kappa shape index (κ3) is 5.29. The first-order valence-corrected chi connectivity index (χ1v) is 9.97. The van der Waals surface area contributed by atoms with Crippen LogP contribution in [-0.4, -0.2) is 41.8 Å². The zero-order valence-corrected chi connectivity index (χ0v) is 18.0. The molecule has 0 saturated heterocycles. The van der Waals surface area contributed by atoms with E-state index < -0.39 is 17.4 Å². The molecule has 170 valence electrons. The van der Waals surface area contributed by atoms with Crippen LogP contribution in [0.25, 0.3) is 10.9 Å². The van der Waals surface area contributed by atoms with E-state index in [4.69, 9.17) is 10.2 Å². The lowest BCUT2D eigenvalue weighted by Crippen LogP contribution is -2.28. The quantitative estimate of drug-likeness (QED) is 0.441. The van der Waals surface area contributed by atoms with Crippen LogP contribution in [0.1, 0.15) is 24.7 Å². The summed E-state index contributed by atoms with van der Waals surface area (Å²) in [4.78, 5) is 36.4. The highest BCUT2D eigenvalue weighted by Gasteiger charge is 2.34. The molecule has 1 unspecified atom stereocenters. The zero-order chi connectivity index (χ0) is 24.2. The van der Waals surface area contributed by atoms with E-state index in [0.29, 0.717) is 11.9 Å². The van der Waals surface area contributed by atoms with Crippen molar-refractivity contribution in [3.63, 3.8) is 0 Å². The molecule has 0 bridgehead atoms. The number of rotatable bonds is 5. The molecule has 10 nitrogen and oxygen atoms in total. The Hall–Kier alpha value is -4.34. The van der Waals surface area contributed by atoms with Gasteiger partial charge in [0.1, 0.15) is 0 Å². The summed E-state index contributed by atoms with van der Waals surface area (Å²) in [6.45, 7) is 3.92. The molecule has 0 fully saturated rings. The number of nitro benzene ring substituents is 1. The minimum Gasteiger partial charge on any atom is -0.481 e. The predicted octanol–water partition coefficient (Wildman–Crippen LogP) is 3.74. The number of non-ortho nitro benzene ring substituents is 1. The van der Waals surface area contributed by atoms with Crippen LogP contribution in [0, 0.1) is 22.5 Å². The average Bonchev–Trinajstić information content (AvgIpc) is 3.17. The van der Waals surface area contributed by atoms with Gasteiger partial charge in [-0.3, -0.25) is 24.6 Å². The van der Waals surface area contributed by atoms with Gasteiger partial charge in [0.15, 0.2) is 0 Å². The second kappa shape index (κ2) is 9.43. The second-order valence-corrected chi connectivity index (χ2v) is 7.80. The molecule has 1 aromatic carbocycles. The van der Waals surface area contributed by atoms with Crippen molar-refractivity contribution in [2.45, 2.75) is 26.8 Å². The Bertz CT molecular complexity index is 1290. The molecule has 2 N–H and O–H groups in total. The Labute approximate surface area is 188 Å². The number of hydrogen-bond acceptors (Lipinski definition) is 6. The molecule has 2 aromatic heterocycles. The number of pyridine rings is 1. The summed E-state index contributed by atoms with van der Waals surface area (Å²) in [6, 6.07) is 10.8. The van der Waals surface area contributed by atoms with Gasteiger partial charge in [0, 0.05) is 17.3 Å². The van der Waals surface area contributed by atoms with E-state index in [1.54, 1.807) is 10.7 Å². The molecular formula is C23H22N4O6. The summed E-state index contributed by atoms with van der Waals surface area (Å²) in [5, 5.41) is 33.2. The van der Waals surface area contributed by atoms with Crippen LogP contribution in [0.2, 0.25) is 0 Å².